The first-order valence-electron chi connectivity index (χ1n) is 7.06. The first kappa shape index (κ1) is 17.8. The Morgan fingerprint density at radius 2 is 1.78 bits per heavy atom. The van der Waals surface area contributed by atoms with E-state index in [4.69, 9.17) is 4.74 Å². The van der Waals surface area contributed by atoms with E-state index in [1.807, 2.05) is 20.8 Å². The van der Waals surface area contributed by atoms with E-state index in [2.05, 4.69) is 31.0 Å². The summed E-state index contributed by atoms with van der Waals surface area (Å²) in [7, 11) is 0. The molecule has 2 N–H and O–H groups in total. The Kier molecular flexibility index (Phi) is 8.78. The van der Waals surface area contributed by atoms with Crippen LogP contribution in [0.15, 0.2) is 0 Å². The first-order chi connectivity index (χ1) is 8.28. The van der Waals surface area contributed by atoms with Gasteiger partial charge in [-0.15, -0.1) is 0 Å². The maximum absolute atomic E-state index is 9.81. The van der Waals surface area contributed by atoms with Crippen LogP contribution in [0, 0.1) is 0 Å². The lowest BCUT2D eigenvalue weighted by molar-refractivity contribution is -0.0484. The summed E-state index contributed by atoms with van der Waals surface area (Å²) in [6.07, 6.45) is -0.441. The van der Waals surface area contributed by atoms with Crippen molar-refractivity contribution in [1.82, 2.24) is 10.2 Å². The highest BCUT2D eigenvalue weighted by atomic mass is 16.5. The van der Waals surface area contributed by atoms with Gasteiger partial charge in [0.2, 0.25) is 0 Å². The smallest absolute Gasteiger partial charge is 0.0898 e. The van der Waals surface area contributed by atoms with Crippen molar-refractivity contribution in [2.45, 2.75) is 59.3 Å². The maximum atomic E-state index is 9.81. The number of nitrogens with one attached hydrogen (secondary N) is 1. The molecule has 0 rings (SSSR count). The van der Waals surface area contributed by atoms with E-state index in [1.54, 1.807) is 0 Å². The van der Waals surface area contributed by atoms with Gasteiger partial charge >= 0.3 is 0 Å². The van der Waals surface area contributed by atoms with Crippen LogP contribution < -0.4 is 5.32 Å². The predicted molar refractivity (Wildman–Crippen MR) is 77.0 cm³/mol. The third-order valence-corrected chi connectivity index (χ3v) is 2.84. The Balaban J connectivity index is 3.74. The molecule has 2 unspecified atom stereocenters. The number of nitrogens with zero attached hydrogens (tertiary/aromatic N) is 1. The van der Waals surface area contributed by atoms with Crippen molar-refractivity contribution in [3.8, 4) is 0 Å². The molecule has 0 bridgehead atoms. The summed E-state index contributed by atoms with van der Waals surface area (Å²) in [6.45, 7) is 16.6. The number of ether oxygens (including phenoxy) is 1. The van der Waals surface area contributed by atoms with Crippen LogP contribution in [-0.2, 0) is 4.74 Å². The van der Waals surface area contributed by atoms with Gasteiger partial charge < -0.3 is 20.1 Å². The monoisotopic (exact) mass is 260 g/mol. The average Bonchev–Trinajstić information content (AvgIpc) is 2.29. The number of rotatable bonds is 9. The standard InChI is InChI=1S/C14H32N2O2/c1-7-16(8-2)10-12(3)15-9-13(17)11-18-14(4,5)6/h12-13,15,17H,7-11H2,1-6H3. The van der Waals surface area contributed by atoms with Crippen LogP contribution in [0.25, 0.3) is 0 Å². The van der Waals surface area contributed by atoms with Gasteiger partial charge in [-0.2, -0.15) is 0 Å². The van der Waals surface area contributed by atoms with E-state index in [-0.39, 0.29) is 5.60 Å². The van der Waals surface area contributed by atoms with Crippen LogP contribution in [-0.4, -0.2) is 60.5 Å². The molecule has 0 spiro atoms. The van der Waals surface area contributed by atoms with Gasteiger partial charge in [-0.1, -0.05) is 13.8 Å². The fourth-order valence-electron chi connectivity index (χ4n) is 1.68. The van der Waals surface area contributed by atoms with Crippen molar-refractivity contribution in [2.24, 2.45) is 0 Å². The van der Waals surface area contributed by atoms with E-state index in [0.717, 1.165) is 19.6 Å². The minimum atomic E-state index is -0.441. The number of aliphatic hydroxyl groups excluding tert-OH is 1. The fourth-order valence-corrected chi connectivity index (χ4v) is 1.68. The average molecular weight is 260 g/mol. The zero-order valence-corrected chi connectivity index (χ0v) is 13.0. The van der Waals surface area contributed by atoms with Crippen molar-refractivity contribution in [3.63, 3.8) is 0 Å². The minimum absolute atomic E-state index is 0.187. The quantitative estimate of drug-likeness (QED) is 0.659. The molecular weight excluding hydrogens is 228 g/mol. The van der Waals surface area contributed by atoms with E-state index in [0.29, 0.717) is 19.2 Å². The summed E-state index contributed by atoms with van der Waals surface area (Å²) in [4.78, 5) is 2.37. The molecule has 0 saturated heterocycles. The molecule has 0 aromatic rings. The molecule has 2 atom stereocenters. The molecule has 0 fully saturated rings. The summed E-state index contributed by atoms with van der Waals surface area (Å²) in [6, 6.07) is 0.384. The molecule has 0 saturated carbocycles. The lowest BCUT2D eigenvalue weighted by Gasteiger charge is -2.25. The van der Waals surface area contributed by atoms with Gasteiger partial charge in [0.25, 0.3) is 0 Å². The molecule has 0 amide bonds. The van der Waals surface area contributed by atoms with E-state index < -0.39 is 6.10 Å². The van der Waals surface area contributed by atoms with Crippen LogP contribution in [0.4, 0.5) is 0 Å². The van der Waals surface area contributed by atoms with Gasteiger partial charge in [-0.25, -0.2) is 0 Å². The third kappa shape index (κ3) is 9.83. The molecule has 18 heavy (non-hydrogen) atoms. The molecule has 0 aliphatic carbocycles. The summed E-state index contributed by atoms with van der Waals surface area (Å²) >= 11 is 0. The van der Waals surface area contributed by atoms with Crippen molar-refractivity contribution in [2.75, 3.05) is 32.8 Å². The van der Waals surface area contributed by atoms with Crippen LogP contribution >= 0.6 is 0 Å². The number of hydrogen-bond acceptors (Lipinski definition) is 4. The van der Waals surface area contributed by atoms with Gasteiger partial charge in [0.15, 0.2) is 0 Å². The molecule has 0 aromatic heterocycles. The Morgan fingerprint density at radius 3 is 2.22 bits per heavy atom. The van der Waals surface area contributed by atoms with Gasteiger partial charge in [0.05, 0.1) is 18.3 Å². The maximum Gasteiger partial charge on any atom is 0.0898 e. The molecule has 0 radical (unpaired) electrons. The Morgan fingerprint density at radius 1 is 1.22 bits per heavy atom. The summed E-state index contributed by atoms with van der Waals surface area (Å²) < 4.78 is 5.55. The van der Waals surface area contributed by atoms with Gasteiger partial charge in [0, 0.05) is 19.1 Å². The topological polar surface area (TPSA) is 44.7 Å². The Labute approximate surface area is 113 Å². The summed E-state index contributed by atoms with van der Waals surface area (Å²) in [5.41, 5.74) is -0.187. The van der Waals surface area contributed by atoms with E-state index in [1.165, 1.54) is 0 Å². The number of hydrogen-bond donors (Lipinski definition) is 2. The highest BCUT2D eigenvalue weighted by molar-refractivity contribution is 4.70. The van der Waals surface area contributed by atoms with Crippen molar-refractivity contribution in [1.29, 1.82) is 0 Å². The molecule has 4 nitrogen and oxygen atoms in total. The second-order valence-corrected chi connectivity index (χ2v) is 5.87. The Hall–Kier alpha value is -0.160. The zero-order valence-electron chi connectivity index (χ0n) is 13.0. The summed E-state index contributed by atoms with van der Waals surface area (Å²) in [5, 5.41) is 13.2. The second-order valence-electron chi connectivity index (χ2n) is 5.87. The predicted octanol–water partition coefficient (Wildman–Crippen LogP) is 1.48. The van der Waals surface area contributed by atoms with Crippen molar-refractivity contribution < 1.29 is 9.84 Å². The number of likely N-dealkylation sites (N-methyl/N-ethyl adjacent to an activating group) is 1. The molecule has 0 heterocycles. The first-order valence-corrected chi connectivity index (χ1v) is 7.06. The van der Waals surface area contributed by atoms with Crippen LogP contribution in [0.3, 0.4) is 0 Å². The van der Waals surface area contributed by atoms with Crippen LogP contribution in [0.2, 0.25) is 0 Å². The summed E-state index contributed by atoms with van der Waals surface area (Å²) in [5.74, 6) is 0. The SMILES string of the molecule is CCN(CC)CC(C)NCC(O)COC(C)(C)C. The van der Waals surface area contributed by atoms with Gasteiger partial charge in [-0.05, 0) is 40.8 Å². The van der Waals surface area contributed by atoms with Crippen molar-refractivity contribution >= 4 is 0 Å². The molecule has 0 aliphatic heterocycles. The van der Waals surface area contributed by atoms with Crippen molar-refractivity contribution in [3.05, 3.63) is 0 Å². The molecule has 0 aliphatic rings. The van der Waals surface area contributed by atoms with Crippen LogP contribution in [0.1, 0.15) is 41.5 Å². The number of aliphatic hydroxyl groups is 1. The lowest BCUT2D eigenvalue weighted by Crippen LogP contribution is -2.43. The normalized spacial score (nSPS) is 16.0. The molecule has 110 valence electrons. The Bertz CT molecular complexity index is 200. The fraction of sp³-hybridized carbons (Fsp3) is 1.00. The lowest BCUT2D eigenvalue weighted by atomic mass is 10.2. The van der Waals surface area contributed by atoms with E-state index >= 15 is 0 Å². The highest BCUT2D eigenvalue weighted by Crippen LogP contribution is 2.06. The third-order valence-electron chi connectivity index (χ3n) is 2.84. The highest BCUT2D eigenvalue weighted by Gasteiger charge is 2.14. The molecule has 4 heteroatoms. The zero-order chi connectivity index (χ0) is 14.2. The molecule has 0 aromatic carbocycles. The van der Waals surface area contributed by atoms with Crippen LogP contribution in [0.5, 0.6) is 0 Å². The minimum Gasteiger partial charge on any atom is -0.389 e. The van der Waals surface area contributed by atoms with Gasteiger partial charge in [-0.3, -0.25) is 0 Å². The second kappa shape index (κ2) is 8.86. The largest absolute Gasteiger partial charge is 0.389 e. The molecular formula is C14H32N2O2. The van der Waals surface area contributed by atoms with Gasteiger partial charge in [0.1, 0.15) is 0 Å². The van der Waals surface area contributed by atoms with E-state index in [9.17, 15) is 5.11 Å².